The van der Waals surface area contributed by atoms with Crippen LogP contribution in [0.15, 0.2) is 18.2 Å². The summed E-state index contributed by atoms with van der Waals surface area (Å²) in [5.41, 5.74) is 0.856. The summed E-state index contributed by atoms with van der Waals surface area (Å²) in [6, 6.07) is 4.51. The predicted molar refractivity (Wildman–Crippen MR) is 68.3 cm³/mol. The highest BCUT2D eigenvalue weighted by molar-refractivity contribution is 6.31. The number of ether oxygens (including phenoxy) is 1. The van der Waals surface area contributed by atoms with Crippen molar-refractivity contribution in [3.05, 3.63) is 34.6 Å². The zero-order chi connectivity index (χ0) is 12.5. The Labute approximate surface area is 111 Å². The van der Waals surface area contributed by atoms with Crippen molar-refractivity contribution < 1.29 is 9.13 Å². The fourth-order valence-corrected chi connectivity index (χ4v) is 3.00. The number of rotatable bonds is 3. The average Bonchev–Trinajstić information content (AvgIpc) is 2.65. The van der Waals surface area contributed by atoms with Gasteiger partial charge < -0.3 is 4.74 Å². The predicted octanol–water partition coefficient (Wildman–Crippen LogP) is 4.06. The lowest BCUT2D eigenvalue weighted by Crippen LogP contribution is -2.33. The standard InChI is InChI=1S/C13H15Cl2FO/c1-9-13(8-14,4-5-17-9)7-10-2-3-11(16)6-12(10)15/h2-3,6,9H,4-5,7-8H2,1H3. The molecule has 0 spiro atoms. The molecule has 2 unspecified atom stereocenters. The van der Waals surface area contributed by atoms with Crippen molar-refractivity contribution in [2.45, 2.75) is 25.9 Å². The minimum absolute atomic E-state index is 0.0803. The number of hydrogen-bond donors (Lipinski definition) is 0. The first-order valence-corrected chi connectivity index (χ1v) is 6.60. The molecule has 0 aromatic heterocycles. The van der Waals surface area contributed by atoms with Crippen LogP contribution in [0.25, 0.3) is 0 Å². The fourth-order valence-electron chi connectivity index (χ4n) is 2.32. The lowest BCUT2D eigenvalue weighted by Gasteiger charge is -2.30. The van der Waals surface area contributed by atoms with Gasteiger partial charge >= 0.3 is 0 Å². The van der Waals surface area contributed by atoms with Crippen LogP contribution in [0.3, 0.4) is 0 Å². The highest BCUT2D eigenvalue weighted by atomic mass is 35.5. The highest BCUT2D eigenvalue weighted by Gasteiger charge is 2.41. The third kappa shape index (κ3) is 2.59. The van der Waals surface area contributed by atoms with Crippen molar-refractivity contribution >= 4 is 23.2 Å². The number of halogens is 3. The molecule has 0 bridgehead atoms. The van der Waals surface area contributed by atoms with E-state index in [9.17, 15) is 4.39 Å². The van der Waals surface area contributed by atoms with Gasteiger partial charge in [-0.1, -0.05) is 17.7 Å². The molecule has 1 aliphatic rings. The van der Waals surface area contributed by atoms with Crippen LogP contribution in [0.1, 0.15) is 18.9 Å². The van der Waals surface area contributed by atoms with Gasteiger partial charge in [-0.3, -0.25) is 0 Å². The molecule has 0 amide bonds. The first-order chi connectivity index (χ1) is 8.07. The van der Waals surface area contributed by atoms with Gasteiger partial charge in [0, 0.05) is 22.9 Å². The van der Waals surface area contributed by atoms with E-state index < -0.39 is 0 Å². The number of hydrogen-bond acceptors (Lipinski definition) is 1. The Morgan fingerprint density at radius 2 is 2.29 bits per heavy atom. The van der Waals surface area contributed by atoms with Crippen LogP contribution in [0.2, 0.25) is 5.02 Å². The van der Waals surface area contributed by atoms with Gasteiger partial charge in [-0.25, -0.2) is 4.39 Å². The quantitative estimate of drug-likeness (QED) is 0.757. The van der Waals surface area contributed by atoms with Crippen LogP contribution >= 0.6 is 23.2 Å². The zero-order valence-electron chi connectivity index (χ0n) is 9.68. The van der Waals surface area contributed by atoms with Gasteiger partial charge in [0.05, 0.1) is 6.10 Å². The van der Waals surface area contributed by atoms with Crippen molar-refractivity contribution in [1.82, 2.24) is 0 Å². The Bertz CT molecular complexity index is 410. The Morgan fingerprint density at radius 3 is 2.82 bits per heavy atom. The largest absolute Gasteiger partial charge is 0.378 e. The minimum Gasteiger partial charge on any atom is -0.378 e. The fraction of sp³-hybridized carbons (Fsp3) is 0.538. The van der Waals surface area contributed by atoms with Gasteiger partial charge in [-0.05, 0) is 37.5 Å². The van der Waals surface area contributed by atoms with Crippen LogP contribution in [-0.4, -0.2) is 18.6 Å². The Hall–Kier alpha value is -0.310. The van der Waals surface area contributed by atoms with E-state index in [1.807, 2.05) is 6.92 Å². The average molecular weight is 277 g/mol. The molecule has 94 valence electrons. The summed E-state index contributed by atoms with van der Waals surface area (Å²) in [6.45, 7) is 2.76. The second kappa shape index (κ2) is 5.13. The van der Waals surface area contributed by atoms with Crippen molar-refractivity contribution in [2.24, 2.45) is 5.41 Å². The van der Waals surface area contributed by atoms with Crippen molar-refractivity contribution in [3.63, 3.8) is 0 Å². The molecule has 1 nitrogen and oxygen atoms in total. The lowest BCUT2D eigenvalue weighted by molar-refractivity contribution is 0.0735. The minimum atomic E-state index is -0.311. The van der Waals surface area contributed by atoms with E-state index in [0.29, 0.717) is 10.9 Å². The van der Waals surface area contributed by atoms with E-state index >= 15 is 0 Å². The van der Waals surface area contributed by atoms with Crippen molar-refractivity contribution in [3.8, 4) is 0 Å². The number of benzene rings is 1. The van der Waals surface area contributed by atoms with Gasteiger partial charge in [0.1, 0.15) is 5.82 Å². The molecule has 1 saturated heterocycles. The molecule has 0 aliphatic carbocycles. The van der Waals surface area contributed by atoms with E-state index in [1.165, 1.54) is 12.1 Å². The second-order valence-electron chi connectivity index (χ2n) is 4.67. The van der Waals surface area contributed by atoms with Gasteiger partial charge in [0.2, 0.25) is 0 Å². The maximum Gasteiger partial charge on any atom is 0.124 e. The van der Waals surface area contributed by atoms with Crippen LogP contribution in [0, 0.1) is 11.2 Å². The molecule has 0 radical (unpaired) electrons. The first kappa shape index (κ1) is 13.1. The Kier molecular flexibility index (Phi) is 3.96. The summed E-state index contributed by atoms with van der Waals surface area (Å²) in [6.07, 6.45) is 1.77. The normalized spacial score (nSPS) is 28.6. The summed E-state index contributed by atoms with van der Waals surface area (Å²) in [4.78, 5) is 0. The summed E-state index contributed by atoms with van der Waals surface area (Å²) < 4.78 is 18.6. The topological polar surface area (TPSA) is 9.23 Å². The van der Waals surface area contributed by atoms with Crippen molar-refractivity contribution in [2.75, 3.05) is 12.5 Å². The molecule has 1 aromatic carbocycles. The van der Waals surface area contributed by atoms with Gasteiger partial charge in [-0.2, -0.15) is 0 Å². The maximum absolute atomic E-state index is 13.0. The SMILES string of the molecule is CC1OCCC1(CCl)Cc1ccc(F)cc1Cl. The van der Waals surface area contributed by atoms with Gasteiger partial charge in [-0.15, -0.1) is 11.6 Å². The van der Waals surface area contributed by atoms with Crippen LogP contribution in [0.5, 0.6) is 0 Å². The second-order valence-corrected chi connectivity index (χ2v) is 5.35. The Balaban J connectivity index is 2.24. The molecule has 1 fully saturated rings. The van der Waals surface area contributed by atoms with Crippen LogP contribution in [0.4, 0.5) is 4.39 Å². The molecule has 1 aliphatic heterocycles. The summed E-state index contributed by atoms with van der Waals surface area (Å²) in [5, 5.41) is 0.466. The molecular weight excluding hydrogens is 262 g/mol. The smallest absolute Gasteiger partial charge is 0.124 e. The zero-order valence-corrected chi connectivity index (χ0v) is 11.2. The third-order valence-corrected chi connectivity index (χ3v) is 4.54. The summed E-state index contributed by atoms with van der Waals surface area (Å²) in [5.74, 6) is 0.219. The summed E-state index contributed by atoms with van der Waals surface area (Å²) in [7, 11) is 0. The molecule has 1 heterocycles. The molecule has 1 aromatic rings. The van der Waals surface area contributed by atoms with E-state index in [4.69, 9.17) is 27.9 Å². The number of alkyl halides is 1. The molecule has 0 saturated carbocycles. The van der Waals surface area contributed by atoms with Crippen LogP contribution in [-0.2, 0) is 11.2 Å². The lowest BCUT2D eigenvalue weighted by atomic mass is 9.78. The Morgan fingerprint density at radius 1 is 1.53 bits per heavy atom. The van der Waals surface area contributed by atoms with Crippen molar-refractivity contribution in [1.29, 1.82) is 0 Å². The van der Waals surface area contributed by atoms with E-state index in [2.05, 4.69) is 0 Å². The summed E-state index contributed by atoms with van der Waals surface area (Å²) >= 11 is 12.1. The third-order valence-electron chi connectivity index (χ3n) is 3.65. The maximum atomic E-state index is 13.0. The van der Waals surface area contributed by atoms with E-state index in [0.717, 1.165) is 25.0 Å². The van der Waals surface area contributed by atoms with Gasteiger partial charge in [0.15, 0.2) is 0 Å². The molecule has 2 rings (SSSR count). The van der Waals surface area contributed by atoms with E-state index in [-0.39, 0.29) is 17.3 Å². The monoisotopic (exact) mass is 276 g/mol. The van der Waals surface area contributed by atoms with E-state index in [1.54, 1.807) is 6.07 Å². The van der Waals surface area contributed by atoms with Crippen LogP contribution < -0.4 is 0 Å². The molecule has 17 heavy (non-hydrogen) atoms. The highest BCUT2D eigenvalue weighted by Crippen LogP contribution is 2.40. The van der Waals surface area contributed by atoms with Gasteiger partial charge in [0.25, 0.3) is 0 Å². The molecule has 4 heteroatoms. The molecular formula is C13H15Cl2FO. The molecule has 0 N–H and O–H groups in total. The first-order valence-electron chi connectivity index (χ1n) is 5.69. The molecule has 2 atom stereocenters.